The number of cyclic esters (lactones) is 1. The molecule has 24 heavy (non-hydrogen) atoms. The number of aliphatic imine (C=N–C) groups is 1. The van der Waals surface area contributed by atoms with Crippen LogP contribution in [0.2, 0.25) is 5.02 Å². The zero-order valence-electron chi connectivity index (χ0n) is 12.7. The summed E-state index contributed by atoms with van der Waals surface area (Å²) in [5.74, 6) is -0.434. The summed E-state index contributed by atoms with van der Waals surface area (Å²) >= 11 is 5.94. The van der Waals surface area contributed by atoms with E-state index >= 15 is 0 Å². The average Bonchev–Trinajstić information content (AvgIpc) is 2.90. The minimum absolute atomic E-state index is 0.142. The quantitative estimate of drug-likeness (QED) is 0.685. The Bertz CT molecular complexity index is 870. The van der Waals surface area contributed by atoms with Crippen molar-refractivity contribution in [2.45, 2.75) is 6.92 Å². The highest BCUT2D eigenvalue weighted by atomic mass is 35.5. The van der Waals surface area contributed by atoms with Crippen LogP contribution in [0.3, 0.4) is 0 Å². The number of rotatable bonds is 3. The van der Waals surface area contributed by atoms with Gasteiger partial charge in [-0.1, -0.05) is 29.8 Å². The van der Waals surface area contributed by atoms with Gasteiger partial charge < -0.3 is 10.1 Å². The number of nitrogens with one attached hydrogen (secondary N) is 1. The molecule has 1 aliphatic heterocycles. The van der Waals surface area contributed by atoms with Crippen LogP contribution in [-0.2, 0) is 14.3 Å². The number of halogens is 1. The second kappa shape index (κ2) is 6.68. The van der Waals surface area contributed by atoms with E-state index in [1.54, 1.807) is 54.6 Å². The molecule has 2 aromatic carbocycles. The van der Waals surface area contributed by atoms with Gasteiger partial charge in [0.15, 0.2) is 5.70 Å². The topological polar surface area (TPSA) is 67.8 Å². The van der Waals surface area contributed by atoms with Crippen molar-refractivity contribution in [3.8, 4) is 0 Å². The Hall–Kier alpha value is -2.92. The second-order valence-electron chi connectivity index (χ2n) is 5.15. The third kappa shape index (κ3) is 3.70. The molecule has 1 amide bonds. The minimum Gasteiger partial charge on any atom is -0.402 e. The summed E-state index contributed by atoms with van der Waals surface area (Å²) in [4.78, 5) is 27.2. The number of carbonyl (C=O) groups is 2. The van der Waals surface area contributed by atoms with E-state index in [2.05, 4.69) is 10.3 Å². The molecular formula is C18H13ClN2O3. The van der Waals surface area contributed by atoms with E-state index in [0.29, 0.717) is 16.3 Å². The van der Waals surface area contributed by atoms with Crippen LogP contribution in [-0.4, -0.2) is 17.8 Å². The molecule has 1 aliphatic rings. The third-order valence-corrected chi connectivity index (χ3v) is 3.46. The van der Waals surface area contributed by atoms with Crippen LogP contribution in [0.15, 0.2) is 59.2 Å². The van der Waals surface area contributed by atoms with Crippen molar-refractivity contribution in [2.75, 3.05) is 5.32 Å². The lowest BCUT2D eigenvalue weighted by molar-refractivity contribution is -0.129. The van der Waals surface area contributed by atoms with Gasteiger partial charge in [-0.15, -0.1) is 0 Å². The number of ether oxygens (including phenoxy) is 1. The van der Waals surface area contributed by atoms with Crippen LogP contribution >= 0.6 is 11.6 Å². The first-order chi connectivity index (χ1) is 11.5. The molecule has 2 aromatic rings. The molecule has 0 spiro atoms. The molecule has 120 valence electrons. The molecule has 0 saturated carbocycles. The monoisotopic (exact) mass is 340 g/mol. The standard InChI is InChI=1S/C18H13ClN2O3/c1-11(22)20-15-7-5-12(6-8-15)9-16-18(23)24-17(21-16)13-3-2-4-14(19)10-13/h2-10H,1H3,(H,20,22). The number of anilines is 1. The maximum Gasteiger partial charge on any atom is 0.363 e. The van der Waals surface area contributed by atoms with Gasteiger partial charge in [-0.3, -0.25) is 4.79 Å². The first kappa shape index (κ1) is 16.0. The van der Waals surface area contributed by atoms with Gasteiger partial charge in [-0.25, -0.2) is 9.79 Å². The van der Waals surface area contributed by atoms with Crippen LogP contribution in [0.4, 0.5) is 5.69 Å². The van der Waals surface area contributed by atoms with Crippen molar-refractivity contribution in [3.63, 3.8) is 0 Å². The molecule has 5 nitrogen and oxygen atoms in total. The van der Waals surface area contributed by atoms with Gasteiger partial charge in [0.2, 0.25) is 11.8 Å². The summed E-state index contributed by atoms with van der Waals surface area (Å²) in [6.07, 6.45) is 1.62. The predicted molar refractivity (Wildman–Crippen MR) is 92.8 cm³/mol. The van der Waals surface area contributed by atoms with Gasteiger partial charge >= 0.3 is 5.97 Å². The van der Waals surface area contributed by atoms with Crippen molar-refractivity contribution in [2.24, 2.45) is 4.99 Å². The van der Waals surface area contributed by atoms with Crippen molar-refractivity contribution in [1.29, 1.82) is 0 Å². The molecule has 0 unspecified atom stereocenters. The molecule has 1 N–H and O–H groups in total. The summed E-state index contributed by atoms with van der Waals surface area (Å²) in [6, 6.07) is 14.0. The average molecular weight is 341 g/mol. The van der Waals surface area contributed by atoms with Gasteiger partial charge in [-0.2, -0.15) is 0 Å². The van der Waals surface area contributed by atoms with Gasteiger partial charge in [0.25, 0.3) is 0 Å². The number of nitrogens with zero attached hydrogens (tertiary/aromatic N) is 1. The Morgan fingerprint density at radius 3 is 2.62 bits per heavy atom. The zero-order valence-corrected chi connectivity index (χ0v) is 13.5. The highest BCUT2D eigenvalue weighted by Gasteiger charge is 2.24. The molecular weight excluding hydrogens is 328 g/mol. The highest BCUT2D eigenvalue weighted by Crippen LogP contribution is 2.21. The number of esters is 1. The van der Waals surface area contributed by atoms with Crippen LogP contribution < -0.4 is 5.32 Å². The van der Waals surface area contributed by atoms with Crippen molar-refractivity contribution in [3.05, 3.63) is 70.4 Å². The molecule has 3 rings (SSSR count). The lowest BCUT2D eigenvalue weighted by Crippen LogP contribution is -2.05. The van der Waals surface area contributed by atoms with E-state index < -0.39 is 5.97 Å². The van der Waals surface area contributed by atoms with Gasteiger partial charge in [0, 0.05) is 23.2 Å². The molecule has 0 saturated heterocycles. The zero-order chi connectivity index (χ0) is 17.1. The minimum atomic E-state index is -0.518. The summed E-state index contributed by atoms with van der Waals surface area (Å²) in [5, 5.41) is 3.22. The molecule has 0 aromatic heterocycles. The van der Waals surface area contributed by atoms with Crippen LogP contribution in [0.1, 0.15) is 18.1 Å². The molecule has 0 aliphatic carbocycles. The maximum atomic E-state index is 12.0. The first-order valence-electron chi connectivity index (χ1n) is 7.17. The van der Waals surface area contributed by atoms with E-state index in [-0.39, 0.29) is 17.5 Å². The first-order valence-corrected chi connectivity index (χ1v) is 7.55. The Balaban J connectivity index is 1.84. The smallest absolute Gasteiger partial charge is 0.363 e. The molecule has 6 heteroatoms. The normalized spacial score (nSPS) is 15.2. The van der Waals surface area contributed by atoms with E-state index in [1.165, 1.54) is 6.92 Å². The summed E-state index contributed by atoms with van der Waals surface area (Å²) < 4.78 is 5.19. The Kier molecular flexibility index (Phi) is 4.44. The summed E-state index contributed by atoms with van der Waals surface area (Å²) in [7, 11) is 0. The molecule has 0 fully saturated rings. The Morgan fingerprint density at radius 1 is 1.21 bits per heavy atom. The lowest BCUT2D eigenvalue weighted by Gasteiger charge is -2.01. The Labute approximate surface area is 143 Å². The third-order valence-electron chi connectivity index (χ3n) is 3.23. The highest BCUT2D eigenvalue weighted by molar-refractivity contribution is 6.31. The fraction of sp³-hybridized carbons (Fsp3) is 0.0556. The van der Waals surface area contributed by atoms with E-state index in [0.717, 1.165) is 5.56 Å². The molecule has 0 radical (unpaired) electrons. The van der Waals surface area contributed by atoms with Crippen LogP contribution in [0.25, 0.3) is 6.08 Å². The molecule has 0 bridgehead atoms. The summed E-state index contributed by atoms with van der Waals surface area (Å²) in [6.45, 7) is 1.44. The van der Waals surface area contributed by atoms with Gasteiger partial charge in [-0.05, 0) is 42.0 Å². The van der Waals surface area contributed by atoms with E-state index in [1.807, 2.05) is 0 Å². The molecule has 1 heterocycles. The number of amides is 1. The SMILES string of the molecule is CC(=O)Nc1ccc(C=C2N=C(c3cccc(Cl)c3)OC2=O)cc1. The molecule has 0 atom stereocenters. The summed E-state index contributed by atoms with van der Waals surface area (Å²) in [5.41, 5.74) is 2.30. The van der Waals surface area contributed by atoms with Gasteiger partial charge in [0.1, 0.15) is 0 Å². The van der Waals surface area contributed by atoms with E-state index in [9.17, 15) is 9.59 Å². The number of carbonyl (C=O) groups excluding carboxylic acids is 2. The Morgan fingerprint density at radius 2 is 1.96 bits per heavy atom. The van der Waals surface area contributed by atoms with Crippen LogP contribution in [0, 0.1) is 0 Å². The van der Waals surface area contributed by atoms with Crippen molar-refractivity contribution < 1.29 is 14.3 Å². The second-order valence-corrected chi connectivity index (χ2v) is 5.59. The lowest BCUT2D eigenvalue weighted by atomic mass is 10.1. The van der Waals surface area contributed by atoms with Crippen molar-refractivity contribution >= 4 is 41.1 Å². The number of benzene rings is 2. The number of hydrogen-bond donors (Lipinski definition) is 1. The van der Waals surface area contributed by atoms with Crippen LogP contribution in [0.5, 0.6) is 0 Å². The number of hydrogen-bond acceptors (Lipinski definition) is 4. The van der Waals surface area contributed by atoms with E-state index in [4.69, 9.17) is 16.3 Å². The van der Waals surface area contributed by atoms with Crippen molar-refractivity contribution in [1.82, 2.24) is 0 Å². The fourth-order valence-electron chi connectivity index (χ4n) is 2.18. The maximum absolute atomic E-state index is 12.0. The fourth-order valence-corrected chi connectivity index (χ4v) is 2.37. The predicted octanol–water partition coefficient (Wildman–Crippen LogP) is 3.64. The largest absolute Gasteiger partial charge is 0.402 e. The van der Waals surface area contributed by atoms with Gasteiger partial charge in [0.05, 0.1) is 0 Å².